The molecule has 0 aliphatic heterocycles. The number of nitrogens with zero attached hydrogens (tertiary/aromatic N) is 1. The molecule has 0 aliphatic carbocycles. The van der Waals surface area contributed by atoms with Crippen molar-refractivity contribution in [2.75, 3.05) is 14.1 Å². The molecule has 0 fully saturated rings. The average Bonchev–Trinajstić information content (AvgIpc) is 2.42. The summed E-state index contributed by atoms with van der Waals surface area (Å²) in [5.74, 6) is 1.07. The SMILES string of the molecule is CC(C)CC(NC(c1ccccc1)C(C)C)C(=O)N(C)C. The summed E-state index contributed by atoms with van der Waals surface area (Å²) < 4.78 is 0. The van der Waals surface area contributed by atoms with Gasteiger partial charge in [-0.05, 0) is 23.8 Å². The summed E-state index contributed by atoms with van der Waals surface area (Å²) in [5, 5.41) is 3.59. The molecule has 0 aliphatic rings. The molecule has 2 unspecified atom stereocenters. The monoisotopic (exact) mass is 290 g/mol. The van der Waals surface area contributed by atoms with E-state index in [2.05, 4.69) is 57.3 Å². The average molecular weight is 290 g/mol. The van der Waals surface area contributed by atoms with Gasteiger partial charge in [0.25, 0.3) is 0 Å². The lowest BCUT2D eigenvalue weighted by molar-refractivity contribution is -0.131. The van der Waals surface area contributed by atoms with E-state index in [1.165, 1.54) is 5.56 Å². The number of carbonyl (C=O) groups excluding carboxylic acids is 1. The Labute approximate surface area is 129 Å². The van der Waals surface area contributed by atoms with E-state index in [1.807, 2.05) is 20.2 Å². The van der Waals surface area contributed by atoms with Gasteiger partial charge in [-0.25, -0.2) is 0 Å². The molecule has 1 aromatic rings. The van der Waals surface area contributed by atoms with Crippen LogP contribution in [0.1, 0.15) is 45.7 Å². The van der Waals surface area contributed by atoms with Crippen LogP contribution in [-0.4, -0.2) is 30.9 Å². The lowest BCUT2D eigenvalue weighted by Gasteiger charge is -2.30. The summed E-state index contributed by atoms with van der Waals surface area (Å²) in [7, 11) is 3.65. The zero-order chi connectivity index (χ0) is 16.0. The Morgan fingerprint density at radius 3 is 2.10 bits per heavy atom. The molecule has 0 saturated heterocycles. The number of benzene rings is 1. The van der Waals surface area contributed by atoms with Gasteiger partial charge in [-0.1, -0.05) is 58.0 Å². The molecule has 21 heavy (non-hydrogen) atoms. The van der Waals surface area contributed by atoms with Crippen LogP contribution in [0.2, 0.25) is 0 Å². The fraction of sp³-hybridized carbons (Fsp3) is 0.611. The Balaban J connectivity index is 2.94. The molecule has 0 radical (unpaired) electrons. The topological polar surface area (TPSA) is 32.3 Å². The Morgan fingerprint density at radius 1 is 1.10 bits per heavy atom. The van der Waals surface area contributed by atoms with Crippen molar-refractivity contribution in [1.82, 2.24) is 10.2 Å². The van der Waals surface area contributed by atoms with Gasteiger partial charge in [0.15, 0.2) is 0 Å². The Kier molecular flexibility index (Phi) is 6.90. The van der Waals surface area contributed by atoms with E-state index in [0.29, 0.717) is 11.8 Å². The van der Waals surface area contributed by atoms with Crippen LogP contribution in [0.3, 0.4) is 0 Å². The van der Waals surface area contributed by atoms with E-state index < -0.39 is 0 Å². The molecular weight excluding hydrogens is 260 g/mol. The smallest absolute Gasteiger partial charge is 0.239 e. The van der Waals surface area contributed by atoms with Gasteiger partial charge >= 0.3 is 0 Å². The van der Waals surface area contributed by atoms with Gasteiger partial charge in [0, 0.05) is 20.1 Å². The quantitative estimate of drug-likeness (QED) is 0.834. The van der Waals surface area contributed by atoms with Gasteiger partial charge < -0.3 is 4.90 Å². The minimum atomic E-state index is -0.132. The summed E-state index contributed by atoms with van der Waals surface area (Å²) in [6.45, 7) is 8.70. The number of likely N-dealkylation sites (N-methyl/N-ethyl adjacent to an activating group) is 1. The number of nitrogens with one attached hydrogen (secondary N) is 1. The molecule has 0 spiro atoms. The Hall–Kier alpha value is -1.35. The van der Waals surface area contributed by atoms with Crippen LogP contribution < -0.4 is 5.32 Å². The fourth-order valence-corrected chi connectivity index (χ4v) is 2.57. The number of rotatable bonds is 7. The summed E-state index contributed by atoms with van der Waals surface area (Å²) in [4.78, 5) is 14.1. The minimum Gasteiger partial charge on any atom is -0.347 e. The third-order valence-electron chi connectivity index (χ3n) is 3.65. The number of hydrogen-bond acceptors (Lipinski definition) is 2. The van der Waals surface area contributed by atoms with Crippen molar-refractivity contribution < 1.29 is 4.79 Å². The van der Waals surface area contributed by atoms with Gasteiger partial charge in [0.1, 0.15) is 0 Å². The van der Waals surface area contributed by atoms with Crippen molar-refractivity contribution in [3.05, 3.63) is 35.9 Å². The molecular formula is C18H30N2O. The van der Waals surface area contributed by atoms with Crippen molar-refractivity contribution in [2.45, 2.75) is 46.2 Å². The van der Waals surface area contributed by atoms with Gasteiger partial charge in [-0.2, -0.15) is 0 Å². The third kappa shape index (κ3) is 5.50. The molecule has 3 nitrogen and oxygen atoms in total. The predicted molar refractivity (Wildman–Crippen MR) is 89.1 cm³/mol. The van der Waals surface area contributed by atoms with E-state index in [4.69, 9.17) is 0 Å². The molecule has 0 aromatic heterocycles. The maximum atomic E-state index is 12.4. The second-order valence-corrected chi connectivity index (χ2v) is 6.71. The van der Waals surface area contributed by atoms with Crippen LogP contribution in [-0.2, 0) is 4.79 Å². The van der Waals surface area contributed by atoms with E-state index >= 15 is 0 Å². The first-order valence-electron chi connectivity index (χ1n) is 7.85. The van der Waals surface area contributed by atoms with Gasteiger partial charge in [-0.3, -0.25) is 10.1 Å². The highest BCUT2D eigenvalue weighted by Gasteiger charge is 2.26. The van der Waals surface area contributed by atoms with Crippen molar-refractivity contribution >= 4 is 5.91 Å². The predicted octanol–water partition coefficient (Wildman–Crippen LogP) is 3.48. The molecule has 1 aromatic carbocycles. The minimum absolute atomic E-state index is 0.132. The zero-order valence-corrected chi connectivity index (χ0v) is 14.3. The van der Waals surface area contributed by atoms with Gasteiger partial charge in [-0.15, -0.1) is 0 Å². The number of hydrogen-bond donors (Lipinski definition) is 1. The molecule has 1 amide bonds. The standard InChI is InChI=1S/C18H30N2O/c1-13(2)12-16(18(21)20(5)6)19-17(14(3)4)15-10-8-7-9-11-15/h7-11,13-14,16-17,19H,12H2,1-6H3. The molecule has 0 heterocycles. The maximum Gasteiger partial charge on any atom is 0.239 e. The first-order chi connectivity index (χ1) is 9.82. The van der Waals surface area contributed by atoms with Crippen LogP contribution in [0.25, 0.3) is 0 Å². The Morgan fingerprint density at radius 2 is 1.67 bits per heavy atom. The lowest BCUT2D eigenvalue weighted by atomic mass is 9.93. The van der Waals surface area contributed by atoms with Gasteiger partial charge in [0.05, 0.1) is 6.04 Å². The van der Waals surface area contributed by atoms with Crippen molar-refractivity contribution in [3.63, 3.8) is 0 Å². The van der Waals surface area contributed by atoms with Crippen LogP contribution in [0.15, 0.2) is 30.3 Å². The fourth-order valence-electron chi connectivity index (χ4n) is 2.57. The summed E-state index contributed by atoms with van der Waals surface area (Å²) in [5.41, 5.74) is 1.24. The molecule has 2 atom stereocenters. The molecule has 1 N–H and O–H groups in total. The normalized spacial score (nSPS) is 14.3. The highest BCUT2D eigenvalue weighted by Crippen LogP contribution is 2.23. The first-order valence-corrected chi connectivity index (χ1v) is 7.85. The van der Waals surface area contributed by atoms with Crippen molar-refractivity contribution in [3.8, 4) is 0 Å². The largest absolute Gasteiger partial charge is 0.347 e. The lowest BCUT2D eigenvalue weighted by Crippen LogP contribution is -2.46. The van der Waals surface area contributed by atoms with E-state index in [1.54, 1.807) is 4.90 Å². The highest BCUT2D eigenvalue weighted by molar-refractivity contribution is 5.81. The Bertz CT molecular complexity index is 426. The van der Waals surface area contributed by atoms with Crippen LogP contribution in [0, 0.1) is 11.8 Å². The maximum absolute atomic E-state index is 12.4. The van der Waals surface area contributed by atoms with Crippen LogP contribution in [0.5, 0.6) is 0 Å². The van der Waals surface area contributed by atoms with Crippen molar-refractivity contribution in [2.24, 2.45) is 11.8 Å². The highest BCUT2D eigenvalue weighted by atomic mass is 16.2. The number of carbonyl (C=O) groups is 1. The van der Waals surface area contributed by atoms with Crippen LogP contribution >= 0.6 is 0 Å². The van der Waals surface area contributed by atoms with Crippen molar-refractivity contribution in [1.29, 1.82) is 0 Å². The molecule has 0 saturated carbocycles. The first kappa shape index (κ1) is 17.7. The zero-order valence-electron chi connectivity index (χ0n) is 14.3. The van der Waals surface area contributed by atoms with E-state index in [9.17, 15) is 4.79 Å². The van der Waals surface area contributed by atoms with E-state index in [-0.39, 0.29) is 18.0 Å². The van der Waals surface area contributed by atoms with Crippen LogP contribution in [0.4, 0.5) is 0 Å². The number of amides is 1. The van der Waals surface area contributed by atoms with E-state index in [0.717, 1.165) is 6.42 Å². The second kappa shape index (κ2) is 8.18. The van der Waals surface area contributed by atoms with Gasteiger partial charge in [0.2, 0.25) is 5.91 Å². The molecule has 1 rings (SSSR count). The summed E-state index contributed by atoms with van der Waals surface area (Å²) in [6, 6.07) is 10.5. The summed E-state index contributed by atoms with van der Waals surface area (Å²) >= 11 is 0. The molecule has 3 heteroatoms. The molecule has 118 valence electrons. The summed E-state index contributed by atoms with van der Waals surface area (Å²) in [6.07, 6.45) is 0.854. The molecule has 0 bridgehead atoms. The third-order valence-corrected chi connectivity index (χ3v) is 3.65. The second-order valence-electron chi connectivity index (χ2n) is 6.71.